The van der Waals surface area contributed by atoms with E-state index in [9.17, 15) is 4.79 Å². The SMILES string of the molecule is Cc1ccc2oc(C(=O)N(C)CCCBr)cc2c1. The highest BCUT2D eigenvalue weighted by molar-refractivity contribution is 9.09. The van der Waals surface area contributed by atoms with Gasteiger partial charge in [0.05, 0.1) is 0 Å². The third-order valence-corrected chi connectivity index (χ3v) is 3.42. The molecule has 0 aliphatic heterocycles. The molecule has 0 radical (unpaired) electrons. The second-order valence-corrected chi connectivity index (χ2v) is 5.21. The summed E-state index contributed by atoms with van der Waals surface area (Å²) in [5.41, 5.74) is 1.92. The van der Waals surface area contributed by atoms with Gasteiger partial charge in [-0.2, -0.15) is 0 Å². The molecule has 4 heteroatoms. The van der Waals surface area contributed by atoms with Gasteiger partial charge >= 0.3 is 0 Å². The second-order valence-electron chi connectivity index (χ2n) is 4.42. The van der Waals surface area contributed by atoms with Crippen molar-refractivity contribution in [3.05, 3.63) is 35.6 Å². The summed E-state index contributed by atoms with van der Waals surface area (Å²) in [6.07, 6.45) is 0.932. The molecule has 0 N–H and O–H groups in total. The number of halogens is 1. The van der Waals surface area contributed by atoms with Crippen LogP contribution in [0.25, 0.3) is 11.0 Å². The standard InChI is InChI=1S/C14H16BrNO2/c1-10-4-5-12-11(8-10)9-13(18-12)14(17)16(2)7-3-6-15/h4-5,8-9H,3,6-7H2,1-2H3. The van der Waals surface area contributed by atoms with Gasteiger partial charge in [-0.15, -0.1) is 0 Å². The Labute approximate surface area is 115 Å². The van der Waals surface area contributed by atoms with Crippen molar-refractivity contribution in [2.75, 3.05) is 18.9 Å². The molecule has 0 spiro atoms. The zero-order valence-electron chi connectivity index (χ0n) is 10.6. The molecule has 0 aliphatic carbocycles. The molecular formula is C14H16BrNO2. The number of nitrogens with zero attached hydrogens (tertiary/aromatic N) is 1. The number of furan rings is 1. The van der Waals surface area contributed by atoms with Crippen LogP contribution in [0.1, 0.15) is 22.5 Å². The van der Waals surface area contributed by atoms with E-state index >= 15 is 0 Å². The van der Waals surface area contributed by atoms with Crippen LogP contribution in [-0.2, 0) is 0 Å². The van der Waals surface area contributed by atoms with Crippen LogP contribution >= 0.6 is 15.9 Å². The first-order valence-electron chi connectivity index (χ1n) is 5.93. The number of amides is 1. The van der Waals surface area contributed by atoms with Crippen LogP contribution in [0.3, 0.4) is 0 Å². The van der Waals surface area contributed by atoms with Crippen LogP contribution in [0.15, 0.2) is 28.7 Å². The van der Waals surface area contributed by atoms with Crippen molar-refractivity contribution in [1.82, 2.24) is 4.90 Å². The van der Waals surface area contributed by atoms with Gasteiger partial charge in [0, 0.05) is 24.3 Å². The zero-order valence-corrected chi connectivity index (χ0v) is 12.2. The fraction of sp³-hybridized carbons (Fsp3) is 0.357. The normalized spacial score (nSPS) is 10.8. The van der Waals surface area contributed by atoms with Crippen molar-refractivity contribution in [3.8, 4) is 0 Å². The lowest BCUT2D eigenvalue weighted by molar-refractivity contribution is 0.0766. The van der Waals surface area contributed by atoms with Gasteiger partial charge in [-0.1, -0.05) is 27.6 Å². The predicted octanol–water partition coefficient (Wildman–Crippen LogP) is 3.60. The minimum Gasteiger partial charge on any atom is -0.451 e. The Bertz CT molecular complexity index is 562. The number of rotatable bonds is 4. The summed E-state index contributed by atoms with van der Waals surface area (Å²) in [5, 5.41) is 1.87. The van der Waals surface area contributed by atoms with Crippen LogP contribution in [0, 0.1) is 6.92 Å². The van der Waals surface area contributed by atoms with Crippen molar-refractivity contribution in [1.29, 1.82) is 0 Å². The maximum atomic E-state index is 12.1. The highest BCUT2D eigenvalue weighted by atomic mass is 79.9. The quantitative estimate of drug-likeness (QED) is 0.809. The van der Waals surface area contributed by atoms with Gasteiger partial charge < -0.3 is 9.32 Å². The minimum absolute atomic E-state index is 0.0650. The van der Waals surface area contributed by atoms with Crippen molar-refractivity contribution >= 4 is 32.8 Å². The van der Waals surface area contributed by atoms with Crippen molar-refractivity contribution in [2.45, 2.75) is 13.3 Å². The van der Waals surface area contributed by atoms with E-state index in [0.29, 0.717) is 5.76 Å². The molecule has 0 fully saturated rings. The maximum absolute atomic E-state index is 12.1. The van der Waals surface area contributed by atoms with Gasteiger partial charge in [-0.05, 0) is 31.5 Å². The molecule has 1 amide bonds. The first kappa shape index (κ1) is 13.1. The van der Waals surface area contributed by atoms with E-state index in [1.807, 2.05) is 31.2 Å². The number of hydrogen-bond acceptors (Lipinski definition) is 2. The van der Waals surface area contributed by atoms with E-state index in [1.54, 1.807) is 11.9 Å². The fourth-order valence-corrected chi connectivity index (χ4v) is 2.11. The Morgan fingerprint density at radius 3 is 2.89 bits per heavy atom. The number of benzene rings is 1. The van der Waals surface area contributed by atoms with Crippen LogP contribution in [-0.4, -0.2) is 29.7 Å². The highest BCUT2D eigenvalue weighted by Crippen LogP contribution is 2.21. The number of carbonyl (C=O) groups excluding carboxylic acids is 1. The average Bonchev–Trinajstić information content (AvgIpc) is 2.77. The lowest BCUT2D eigenvalue weighted by atomic mass is 10.2. The number of hydrogen-bond donors (Lipinski definition) is 0. The molecule has 0 unspecified atom stereocenters. The Morgan fingerprint density at radius 1 is 1.39 bits per heavy atom. The van der Waals surface area contributed by atoms with Crippen molar-refractivity contribution in [2.24, 2.45) is 0 Å². The van der Waals surface area contributed by atoms with Crippen LogP contribution in [0.5, 0.6) is 0 Å². The summed E-state index contributed by atoms with van der Waals surface area (Å²) in [7, 11) is 1.80. The van der Waals surface area contributed by atoms with Crippen molar-refractivity contribution < 1.29 is 9.21 Å². The summed E-state index contributed by atoms with van der Waals surface area (Å²) in [5.74, 6) is 0.345. The summed E-state index contributed by atoms with van der Waals surface area (Å²) in [6.45, 7) is 2.75. The number of aryl methyl sites for hydroxylation is 1. The monoisotopic (exact) mass is 309 g/mol. The molecule has 0 bridgehead atoms. The molecule has 0 atom stereocenters. The van der Waals surface area contributed by atoms with Gasteiger partial charge in [-0.25, -0.2) is 0 Å². The number of alkyl halides is 1. The minimum atomic E-state index is -0.0650. The van der Waals surface area contributed by atoms with E-state index in [-0.39, 0.29) is 5.91 Å². The second kappa shape index (κ2) is 5.57. The first-order chi connectivity index (χ1) is 8.61. The summed E-state index contributed by atoms with van der Waals surface area (Å²) in [6, 6.07) is 7.72. The van der Waals surface area contributed by atoms with Gasteiger partial charge in [0.2, 0.25) is 0 Å². The Hall–Kier alpha value is -1.29. The molecule has 2 aromatic rings. The molecule has 0 saturated carbocycles. The van der Waals surface area contributed by atoms with Gasteiger partial charge in [0.15, 0.2) is 5.76 Å². The third kappa shape index (κ3) is 2.75. The number of carbonyl (C=O) groups is 1. The van der Waals surface area contributed by atoms with E-state index in [1.165, 1.54) is 0 Å². The van der Waals surface area contributed by atoms with Crippen molar-refractivity contribution in [3.63, 3.8) is 0 Å². The lowest BCUT2D eigenvalue weighted by Crippen LogP contribution is -2.27. The maximum Gasteiger partial charge on any atom is 0.289 e. The molecule has 96 valence electrons. The lowest BCUT2D eigenvalue weighted by Gasteiger charge is -2.14. The third-order valence-electron chi connectivity index (χ3n) is 2.86. The van der Waals surface area contributed by atoms with Crippen LogP contribution in [0.4, 0.5) is 0 Å². The van der Waals surface area contributed by atoms with Crippen LogP contribution < -0.4 is 0 Å². The molecule has 0 saturated heterocycles. The average molecular weight is 310 g/mol. The molecule has 1 aromatic carbocycles. The van der Waals surface area contributed by atoms with Crippen LogP contribution in [0.2, 0.25) is 0 Å². The molecule has 1 aromatic heterocycles. The number of fused-ring (bicyclic) bond motifs is 1. The first-order valence-corrected chi connectivity index (χ1v) is 7.05. The zero-order chi connectivity index (χ0) is 13.1. The van der Waals surface area contributed by atoms with Gasteiger partial charge in [0.25, 0.3) is 5.91 Å². The Balaban J connectivity index is 2.22. The molecule has 3 nitrogen and oxygen atoms in total. The highest BCUT2D eigenvalue weighted by Gasteiger charge is 2.16. The topological polar surface area (TPSA) is 33.5 Å². The summed E-state index contributed by atoms with van der Waals surface area (Å²) >= 11 is 3.36. The molecular weight excluding hydrogens is 294 g/mol. The Kier molecular flexibility index (Phi) is 4.07. The van der Waals surface area contributed by atoms with E-state index in [0.717, 1.165) is 34.8 Å². The van der Waals surface area contributed by atoms with E-state index in [2.05, 4.69) is 15.9 Å². The largest absolute Gasteiger partial charge is 0.451 e. The van der Waals surface area contributed by atoms with E-state index < -0.39 is 0 Å². The van der Waals surface area contributed by atoms with E-state index in [4.69, 9.17) is 4.42 Å². The molecule has 1 heterocycles. The summed E-state index contributed by atoms with van der Waals surface area (Å²) < 4.78 is 5.58. The molecule has 2 rings (SSSR count). The summed E-state index contributed by atoms with van der Waals surface area (Å²) in [4.78, 5) is 13.8. The Morgan fingerprint density at radius 2 is 2.17 bits per heavy atom. The predicted molar refractivity (Wildman–Crippen MR) is 76.3 cm³/mol. The molecule has 18 heavy (non-hydrogen) atoms. The fourth-order valence-electron chi connectivity index (χ4n) is 1.85. The van der Waals surface area contributed by atoms with Gasteiger partial charge in [-0.3, -0.25) is 4.79 Å². The van der Waals surface area contributed by atoms with Gasteiger partial charge in [0.1, 0.15) is 5.58 Å². The molecule has 0 aliphatic rings. The smallest absolute Gasteiger partial charge is 0.289 e.